The molecular formula is C18H17FN2O3S. The SMILES string of the molecule is CCc1nc2scc(-c3ccc(F)cc3)c2c(=O)n1C(CC)C(=O)O. The van der Waals surface area contributed by atoms with E-state index in [0.717, 1.165) is 0 Å². The van der Waals surface area contributed by atoms with Crippen LogP contribution in [0.1, 0.15) is 32.1 Å². The summed E-state index contributed by atoms with van der Waals surface area (Å²) in [6.07, 6.45) is 0.740. The second-order valence-corrected chi connectivity index (χ2v) is 6.51. The summed E-state index contributed by atoms with van der Waals surface area (Å²) in [5, 5.41) is 11.7. The third kappa shape index (κ3) is 2.95. The standard InChI is InChI=1S/C18H17FN2O3S/c1-3-13(18(23)24)21-14(4-2)20-16-15(17(21)22)12(9-25-16)10-5-7-11(19)8-6-10/h5-9,13H,3-4H2,1-2H3,(H,23,24). The molecule has 1 aromatic carbocycles. The summed E-state index contributed by atoms with van der Waals surface area (Å²) in [4.78, 5) is 29.8. The van der Waals surface area contributed by atoms with E-state index in [1.165, 1.54) is 28.0 Å². The number of aliphatic carboxylic acids is 1. The van der Waals surface area contributed by atoms with Crippen molar-refractivity contribution in [3.63, 3.8) is 0 Å². The summed E-state index contributed by atoms with van der Waals surface area (Å²) in [6, 6.07) is 4.90. The monoisotopic (exact) mass is 360 g/mol. The number of carbonyl (C=O) groups is 1. The van der Waals surface area contributed by atoms with Gasteiger partial charge in [-0.1, -0.05) is 26.0 Å². The zero-order chi connectivity index (χ0) is 18.1. The molecule has 3 rings (SSSR count). The van der Waals surface area contributed by atoms with Crippen molar-refractivity contribution >= 4 is 27.5 Å². The molecule has 0 radical (unpaired) electrons. The highest BCUT2D eigenvalue weighted by molar-refractivity contribution is 7.17. The van der Waals surface area contributed by atoms with Crippen molar-refractivity contribution in [3.8, 4) is 11.1 Å². The first-order valence-electron chi connectivity index (χ1n) is 7.99. The molecule has 1 N–H and O–H groups in total. The van der Waals surface area contributed by atoms with E-state index in [9.17, 15) is 19.1 Å². The number of nitrogens with zero attached hydrogens (tertiary/aromatic N) is 2. The molecular weight excluding hydrogens is 343 g/mol. The lowest BCUT2D eigenvalue weighted by atomic mass is 10.1. The van der Waals surface area contributed by atoms with Gasteiger partial charge in [0.15, 0.2) is 0 Å². The molecule has 0 saturated carbocycles. The molecule has 0 aliphatic heterocycles. The molecule has 1 atom stereocenters. The number of hydrogen-bond acceptors (Lipinski definition) is 4. The van der Waals surface area contributed by atoms with E-state index < -0.39 is 12.0 Å². The third-order valence-electron chi connectivity index (χ3n) is 4.17. The predicted molar refractivity (Wildman–Crippen MR) is 95.6 cm³/mol. The van der Waals surface area contributed by atoms with Gasteiger partial charge in [0, 0.05) is 17.4 Å². The Morgan fingerprint density at radius 1 is 1.32 bits per heavy atom. The number of fused-ring (bicyclic) bond motifs is 1. The van der Waals surface area contributed by atoms with Gasteiger partial charge in [0.25, 0.3) is 5.56 Å². The van der Waals surface area contributed by atoms with Gasteiger partial charge < -0.3 is 5.11 Å². The summed E-state index contributed by atoms with van der Waals surface area (Å²) in [5.41, 5.74) is 0.983. The number of benzene rings is 1. The van der Waals surface area contributed by atoms with Gasteiger partial charge in [-0.2, -0.15) is 0 Å². The molecule has 130 valence electrons. The predicted octanol–water partition coefficient (Wildman–Crippen LogP) is 3.86. The van der Waals surface area contributed by atoms with Crippen molar-refractivity contribution in [3.05, 3.63) is 51.6 Å². The van der Waals surface area contributed by atoms with Crippen LogP contribution in [0, 0.1) is 5.82 Å². The van der Waals surface area contributed by atoms with Gasteiger partial charge in [0.05, 0.1) is 5.39 Å². The molecule has 0 spiro atoms. The van der Waals surface area contributed by atoms with E-state index in [1.54, 1.807) is 24.4 Å². The lowest BCUT2D eigenvalue weighted by molar-refractivity contribution is -0.141. The Morgan fingerprint density at radius 2 is 2.00 bits per heavy atom. The molecule has 0 aliphatic carbocycles. The normalized spacial score (nSPS) is 12.4. The highest BCUT2D eigenvalue weighted by atomic mass is 32.1. The Bertz CT molecular complexity index is 992. The van der Waals surface area contributed by atoms with Gasteiger partial charge >= 0.3 is 5.97 Å². The number of carboxylic acids is 1. The molecule has 0 amide bonds. The zero-order valence-corrected chi connectivity index (χ0v) is 14.6. The fraction of sp³-hybridized carbons (Fsp3) is 0.278. The topological polar surface area (TPSA) is 72.2 Å². The minimum atomic E-state index is -1.06. The van der Waals surface area contributed by atoms with Crippen molar-refractivity contribution < 1.29 is 14.3 Å². The molecule has 0 aliphatic rings. The lowest BCUT2D eigenvalue weighted by Crippen LogP contribution is -2.33. The van der Waals surface area contributed by atoms with Crippen molar-refractivity contribution in [2.75, 3.05) is 0 Å². The number of carboxylic acid groups (broad SMARTS) is 1. The van der Waals surface area contributed by atoms with Gasteiger partial charge in [-0.3, -0.25) is 9.36 Å². The van der Waals surface area contributed by atoms with Gasteiger partial charge in [0.1, 0.15) is 22.5 Å². The van der Waals surface area contributed by atoms with E-state index in [4.69, 9.17) is 0 Å². The van der Waals surface area contributed by atoms with Crippen LogP contribution in [0.3, 0.4) is 0 Å². The molecule has 2 aromatic heterocycles. The summed E-state index contributed by atoms with van der Waals surface area (Å²) < 4.78 is 14.5. The minimum absolute atomic E-state index is 0.283. The van der Waals surface area contributed by atoms with E-state index in [-0.39, 0.29) is 17.8 Å². The summed E-state index contributed by atoms with van der Waals surface area (Å²) in [7, 11) is 0. The third-order valence-corrected chi connectivity index (χ3v) is 5.04. The number of halogens is 1. The molecule has 25 heavy (non-hydrogen) atoms. The van der Waals surface area contributed by atoms with Crippen molar-refractivity contribution in [1.82, 2.24) is 9.55 Å². The van der Waals surface area contributed by atoms with E-state index >= 15 is 0 Å². The quantitative estimate of drug-likeness (QED) is 0.750. The van der Waals surface area contributed by atoms with Crippen molar-refractivity contribution in [2.24, 2.45) is 0 Å². The van der Waals surface area contributed by atoms with Gasteiger partial charge in [-0.15, -0.1) is 11.3 Å². The second kappa shape index (κ2) is 6.76. The molecule has 0 fully saturated rings. The number of aromatic nitrogens is 2. The number of thiophene rings is 1. The Hall–Kier alpha value is -2.54. The van der Waals surface area contributed by atoms with Crippen LogP contribution < -0.4 is 5.56 Å². The lowest BCUT2D eigenvalue weighted by Gasteiger charge is -2.17. The minimum Gasteiger partial charge on any atom is -0.480 e. The van der Waals surface area contributed by atoms with E-state index in [1.807, 2.05) is 6.92 Å². The molecule has 1 unspecified atom stereocenters. The molecule has 7 heteroatoms. The average molecular weight is 360 g/mol. The maximum absolute atomic E-state index is 13.2. The summed E-state index contributed by atoms with van der Waals surface area (Å²) in [6.45, 7) is 3.57. The van der Waals surface area contributed by atoms with Crippen LogP contribution in [0.25, 0.3) is 21.3 Å². The molecule has 2 heterocycles. The summed E-state index contributed by atoms with van der Waals surface area (Å²) in [5.74, 6) is -0.956. The largest absolute Gasteiger partial charge is 0.480 e. The van der Waals surface area contributed by atoms with E-state index in [0.29, 0.717) is 33.6 Å². The van der Waals surface area contributed by atoms with E-state index in [2.05, 4.69) is 4.98 Å². The highest BCUT2D eigenvalue weighted by Crippen LogP contribution is 2.31. The Kier molecular flexibility index (Phi) is 4.67. The highest BCUT2D eigenvalue weighted by Gasteiger charge is 2.25. The fourth-order valence-electron chi connectivity index (χ4n) is 2.93. The summed E-state index contributed by atoms with van der Waals surface area (Å²) >= 11 is 1.33. The second-order valence-electron chi connectivity index (χ2n) is 5.66. The van der Waals surface area contributed by atoms with Crippen LogP contribution in [0.2, 0.25) is 0 Å². The maximum Gasteiger partial charge on any atom is 0.326 e. The van der Waals surface area contributed by atoms with Crippen molar-refractivity contribution in [2.45, 2.75) is 32.7 Å². The first-order chi connectivity index (χ1) is 12.0. The number of aryl methyl sites for hydroxylation is 1. The first kappa shape index (κ1) is 17.3. The van der Waals surface area contributed by atoms with Crippen molar-refractivity contribution in [1.29, 1.82) is 0 Å². The maximum atomic E-state index is 13.2. The van der Waals surface area contributed by atoms with Crippen LogP contribution >= 0.6 is 11.3 Å². The van der Waals surface area contributed by atoms with Crippen LogP contribution in [0.4, 0.5) is 4.39 Å². The van der Waals surface area contributed by atoms with Crippen LogP contribution in [0.15, 0.2) is 34.4 Å². The van der Waals surface area contributed by atoms with Gasteiger partial charge in [-0.05, 0) is 24.1 Å². The zero-order valence-electron chi connectivity index (χ0n) is 13.8. The van der Waals surface area contributed by atoms with Crippen LogP contribution in [-0.4, -0.2) is 20.6 Å². The van der Waals surface area contributed by atoms with Gasteiger partial charge in [-0.25, -0.2) is 14.2 Å². The van der Waals surface area contributed by atoms with Crippen LogP contribution in [0.5, 0.6) is 0 Å². The molecule has 0 bridgehead atoms. The Labute approximate surface area is 147 Å². The van der Waals surface area contributed by atoms with Crippen LogP contribution in [-0.2, 0) is 11.2 Å². The molecule has 0 saturated heterocycles. The molecule has 5 nitrogen and oxygen atoms in total. The average Bonchev–Trinajstić information content (AvgIpc) is 3.01. The fourth-order valence-corrected chi connectivity index (χ4v) is 3.88. The van der Waals surface area contributed by atoms with Gasteiger partial charge in [0.2, 0.25) is 0 Å². The molecule has 3 aromatic rings. The first-order valence-corrected chi connectivity index (χ1v) is 8.87. The number of rotatable bonds is 5. The Balaban J connectivity index is 2.32. The number of hydrogen-bond donors (Lipinski definition) is 1. The smallest absolute Gasteiger partial charge is 0.326 e. The Morgan fingerprint density at radius 3 is 2.56 bits per heavy atom.